The molecule has 0 fully saturated rings. The van der Waals surface area contributed by atoms with Gasteiger partial charge in [-0.05, 0) is 32.2 Å². The van der Waals surface area contributed by atoms with Gasteiger partial charge in [0.25, 0.3) is 5.91 Å². The Morgan fingerprint density at radius 2 is 1.92 bits per heavy atom. The molecule has 0 aliphatic carbocycles. The van der Waals surface area contributed by atoms with Crippen molar-refractivity contribution in [3.05, 3.63) is 57.8 Å². The molecule has 0 radical (unpaired) electrons. The van der Waals surface area contributed by atoms with Crippen LogP contribution in [0.25, 0.3) is 0 Å². The van der Waals surface area contributed by atoms with Gasteiger partial charge in [-0.1, -0.05) is 35.9 Å². The Balaban J connectivity index is 2.05. The standard InChI is InChI=1S/C20H27N3O2S/c1-4-21-18(24)14-23(5-2)19(25)13-22-20(17-7-6-12-26-17)16-10-8-15(3)9-11-16/h6-12,20,22H,4-5,13-14H2,1-3H3,(H,21,24)/p+1/t20-/m1/s1. The van der Waals surface area contributed by atoms with Gasteiger partial charge in [0, 0.05) is 18.7 Å². The van der Waals surface area contributed by atoms with Crippen LogP contribution >= 0.6 is 11.3 Å². The number of carbonyl (C=O) groups is 2. The summed E-state index contributed by atoms with van der Waals surface area (Å²) in [6.45, 7) is 7.36. The Labute approximate surface area is 159 Å². The molecule has 0 bridgehead atoms. The number of aryl methyl sites for hydroxylation is 1. The summed E-state index contributed by atoms with van der Waals surface area (Å²) >= 11 is 1.69. The molecule has 5 nitrogen and oxygen atoms in total. The number of carbonyl (C=O) groups excluding carboxylic acids is 2. The molecule has 1 atom stereocenters. The average molecular weight is 375 g/mol. The summed E-state index contributed by atoms with van der Waals surface area (Å²) in [6, 6.07) is 12.6. The lowest BCUT2D eigenvalue weighted by atomic mass is 10.0. The quantitative estimate of drug-likeness (QED) is 0.702. The number of quaternary nitrogens is 1. The Hall–Kier alpha value is -2.18. The van der Waals surface area contributed by atoms with Gasteiger partial charge in [-0.15, -0.1) is 11.3 Å². The Morgan fingerprint density at radius 1 is 1.19 bits per heavy atom. The van der Waals surface area contributed by atoms with E-state index in [4.69, 9.17) is 0 Å². The zero-order chi connectivity index (χ0) is 18.9. The summed E-state index contributed by atoms with van der Waals surface area (Å²) in [5.41, 5.74) is 2.39. The van der Waals surface area contributed by atoms with Crippen LogP contribution in [0.2, 0.25) is 0 Å². The van der Waals surface area contributed by atoms with Gasteiger partial charge in [-0.3, -0.25) is 9.59 Å². The summed E-state index contributed by atoms with van der Waals surface area (Å²) in [7, 11) is 0. The molecule has 0 aliphatic rings. The summed E-state index contributed by atoms with van der Waals surface area (Å²) in [4.78, 5) is 27.2. The van der Waals surface area contributed by atoms with Crippen LogP contribution in [0.15, 0.2) is 41.8 Å². The second kappa shape index (κ2) is 10.1. The molecule has 6 heteroatoms. The Bertz CT molecular complexity index is 698. The van der Waals surface area contributed by atoms with E-state index >= 15 is 0 Å². The number of rotatable bonds is 9. The minimum Gasteiger partial charge on any atom is -0.355 e. The van der Waals surface area contributed by atoms with Gasteiger partial charge in [-0.2, -0.15) is 0 Å². The third-order valence-corrected chi connectivity index (χ3v) is 5.21. The molecular weight excluding hydrogens is 346 g/mol. The SMILES string of the molecule is CCNC(=O)CN(CC)C(=O)C[NH2+][C@H](c1ccc(C)cc1)c1cccs1. The van der Waals surface area contributed by atoms with Crippen LogP contribution in [-0.4, -0.2) is 42.9 Å². The average Bonchev–Trinajstić information content (AvgIpc) is 3.15. The first kappa shape index (κ1) is 20.1. The molecule has 0 saturated carbocycles. The number of hydrogen-bond donors (Lipinski definition) is 2. The van der Waals surface area contributed by atoms with Crippen LogP contribution in [0.5, 0.6) is 0 Å². The maximum atomic E-state index is 12.6. The lowest BCUT2D eigenvalue weighted by molar-refractivity contribution is -0.676. The van der Waals surface area contributed by atoms with Gasteiger partial charge >= 0.3 is 0 Å². The molecule has 2 amide bonds. The molecule has 1 heterocycles. The minimum atomic E-state index is -0.115. The summed E-state index contributed by atoms with van der Waals surface area (Å²) < 4.78 is 0. The van der Waals surface area contributed by atoms with E-state index in [1.807, 2.05) is 19.9 Å². The third kappa shape index (κ3) is 5.68. The van der Waals surface area contributed by atoms with E-state index in [0.29, 0.717) is 19.6 Å². The molecule has 3 N–H and O–H groups in total. The molecule has 0 unspecified atom stereocenters. The lowest BCUT2D eigenvalue weighted by Crippen LogP contribution is -2.87. The van der Waals surface area contributed by atoms with E-state index in [1.54, 1.807) is 16.2 Å². The molecule has 140 valence electrons. The predicted molar refractivity (Wildman–Crippen MR) is 105 cm³/mol. The first-order valence-electron chi connectivity index (χ1n) is 9.02. The maximum Gasteiger partial charge on any atom is 0.278 e. The number of thiophene rings is 1. The van der Waals surface area contributed by atoms with Crippen LogP contribution in [0.3, 0.4) is 0 Å². The molecular formula is C20H28N3O2S+. The third-order valence-electron chi connectivity index (χ3n) is 4.26. The van der Waals surface area contributed by atoms with Crippen molar-refractivity contribution in [2.24, 2.45) is 0 Å². The highest BCUT2D eigenvalue weighted by molar-refractivity contribution is 7.10. The summed E-state index contributed by atoms with van der Waals surface area (Å²) in [5.74, 6) is -0.136. The second-order valence-corrected chi connectivity index (χ2v) is 7.18. The zero-order valence-electron chi connectivity index (χ0n) is 15.7. The van der Waals surface area contributed by atoms with Gasteiger partial charge in [0.15, 0.2) is 6.54 Å². The molecule has 0 spiro atoms. The number of amides is 2. The maximum absolute atomic E-state index is 12.6. The minimum absolute atomic E-state index is 0.0209. The van der Waals surface area contributed by atoms with Crippen molar-refractivity contribution in [3.63, 3.8) is 0 Å². The molecule has 2 aromatic rings. The normalized spacial score (nSPS) is 11.8. The van der Waals surface area contributed by atoms with Crippen molar-refractivity contribution in [1.82, 2.24) is 10.2 Å². The summed E-state index contributed by atoms with van der Waals surface area (Å²) in [6.07, 6.45) is 0. The molecule has 0 saturated heterocycles. The van der Waals surface area contributed by atoms with E-state index in [-0.39, 0.29) is 24.4 Å². The first-order chi connectivity index (χ1) is 12.5. The van der Waals surface area contributed by atoms with Gasteiger partial charge in [-0.25, -0.2) is 0 Å². The lowest BCUT2D eigenvalue weighted by Gasteiger charge is -2.21. The molecule has 1 aromatic carbocycles. The Kier molecular flexibility index (Phi) is 7.81. The fourth-order valence-corrected chi connectivity index (χ4v) is 3.66. The number of benzene rings is 1. The number of nitrogens with zero attached hydrogens (tertiary/aromatic N) is 1. The number of nitrogens with two attached hydrogens (primary N) is 1. The number of likely N-dealkylation sites (N-methyl/N-ethyl adjacent to an activating group) is 2. The zero-order valence-corrected chi connectivity index (χ0v) is 16.5. The molecule has 26 heavy (non-hydrogen) atoms. The highest BCUT2D eigenvalue weighted by atomic mass is 32.1. The fourth-order valence-electron chi connectivity index (χ4n) is 2.81. The largest absolute Gasteiger partial charge is 0.355 e. The van der Waals surface area contributed by atoms with E-state index in [0.717, 1.165) is 0 Å². The predicted octanol–water partition coefficient (Wildman–Crippen LogP) is 1.69. The fraction of sp³-hybridized carbons (Fsp3) is 0.400. The van der Waals surface area contributed by atoms with Gasteiger partial charge < -0.3 is 15.5 Å². The van der Waals surface area contributed by atoms with Crippen molar-refractivity contribution in [2.45, 2.75) is 26.8 Å². The van der Waals surface area contributed by atoms with E-state index < -0.39 is 0 Å². The monoisotopic (exact) mass is 374 g/mol. The highest BCUT2D eigenvalue weighted by Crippen LogP contribution is 2.22. The van der Waals surface area contributed by atoms with Crippen LogP contribution < -0.4 is 10.6 Å². The second-order valence-electron chi connectivity index (χ2n) is 6.21. The molecule has 1 aromatic heterocycles. The van der Waals surface area contributed by atoms with E-state index in [2.05, 4.69) is 53.3 Å². The van der Waals surface area contributed by atoms with E-state index in [9.17, 15) is 9.59 Å². The van der Waals surface area contributed by atoms with Gasteiger partial charge in [0.05, 0.1) is 11.4 Å². The summed E-state index contributed by atoms with van der Waals surface area (Å²) in [5, 5.41) is 6.85. The van der Waals surface area contributed by atoms with Crippen LogP contribution in [0.1, 0.15) is 35.9 Å². The van der Waals surface area contributed by atoms with Crippen LogP contribution in [-0.2, 0) is 9.59 Å². The Morgan fingerprint density at radius 3 is 2.50 bits per heavy atom. The molecule has 0 aliphatic heterocycles. The van der Waals surface area contributed by atoms with Crippen LogP contribution in [0, 0.1) is 6.92 Å². The van der Waals surface area contributed by atoms with Crippen molar-refractivity contribution < 1.29 is 14.9 Å². The van der Waals surface area contributed by atoms with Crippen LogP contribution in [0.4, 0.5) is 0 Å². The van der Waals surface area contributed by atoms with Gasteiger partial charge in [0.1, 0.15) is 6.04 Å². The van der Waals surface area contributed by atoms with Crippen molar-refractivity contribution >= 4 is 23.2 Å². The number of hydrogen-bond acceptors (Lipinski definition) is 3. The highest BCUT2D eigenvalue weighted by Gasteiger charge is 2.22. The van der Waals surface area contributed by atoms with E-state index in [1.165, 1.54) is 16.0 Å². The van der Waals surface area contributed by atoms with Crippen molar-refractivity contribution in [1.29, 1.82) is 0 Å². The van der Waals surface area contributed by atoms with Gasteiger partial charge in [0.2, 0.25) is 5.91 Å². The van der Waals surface area contributed by atoms with Crippen molar-refractivity contribution in [2.75, 3.05) is 26.2 Å². The first-order valence-corrected chi connectivity index (χ1v) is 9.90. The molecule has 2 rings (SSSR count). The van der Waals surface area contributed by atoms with Crippen molar-refractivity contribution in [3.8, 4) is 0 Å². The topological polar surface area (TPSA) is 66.0 Å². The smallest absolute Gasteiger partial charge is 0.278 e. The number of nitrogens with one attached hydrogen (secondary N) is 1.